The molecule has 0 radical (unpaired) electrons. The van der Waals surface area contributed by atoms with E-state index in [4.69, 9.17) is 9.15 Å². The zero-order chi connectivity index (χ0) is 17.5. The smallest absolute Gasteiger partial charge is 0.315 e. The molecule has 0 spiro atoms. The van der Waals surface area contributed by atoms with Gasteiger partial charge in [0.25, 0.3) is 0 Å². The maximum absolute atomic E-state index is 11.9. The van der Waals surface area contributed by atoms with Gasteiger partial charge in [0.2, 0.25) is 0 Å². The van der Waals surface area contributed by atoms with Crippen LogP contribution in [0, 0.1) is 0 Å². The van der Waals surface area contributed by atoms with Gasteiger partial charge in [0, 0.05) is 17.5 Å². The van der Waals surface area contributed by atoms with Crippen LogP contribution in [-0.2, 0) is 13.0 Å². The second-order valence-corrected chi connectivity index (χ2v) is 6.27. The van der Waals surface area contributed by atoms with Crippen molar-refractivity contribution in [3.8, 4) is 17.1 Å². The fourth-order valence-electron chi connectivity index (χ4n) is 2.38. The number of amides is 2. The molecule has 5 nitrogen and oxygen atoms in total. The number of benzene rings is 1. The Morgan fingerprint density at radius 3 is 2.68 bits per heavy atom. The maximum atomic E-state index is 11.9. The number of hydrogen-bond donors (Lipinski definition) is 2. The van der Waals surface area contributed by atoms with Gasteiger partial charge in [-0.3, -0.25) is 0 Å². The molecule has 0 saturated carbocycles. The van der Waals surface area contributed by atoms with Crippen molar-refractivity contribution in [3.05, 3.63) is 64.5 Å². The summed E-state index contributed by atoms with van der Waals surface area (Å²) in [5, 5.41) is 9.68. The van der Waals surface area contributed by atoms with Gasteiger partial charge in [-0.05, 0) is 47.7 Å². The zero-order valence-electron chi connectivity index (χ0n) is 14.0. The number of urea groups is 1. The number of methoxy groups -OCH3 is 1. The average molecular weight is 356 g/mol. The topological polar surface area (TPSA) is 63.5 Å². The lowest BCUT2D eigenvalue weighted by Gasteiger charge is -2.07. The van der Waals surface area contributed by atoms with Gasteiger partial charge in [0.1, 0.15) is 17.3 Å². The highest BCUT2D eigenvalue weighted by atomic mass is 32.1. The van der Waals surface area contributed by atoms with Gasteiger partial charge in [-0.1, -0.05) is 12.1 Å². The van der Waals surface area contributed by atoms with Crippen LogP contribution in [0.5, 0.6) is 5.75 Å². The van der Waals surface area contributed by atoms with Crippen LogP contribution in [0.3, 0.4) is 0 Å². The van der Waals surface area contributed by atoms with Crippen LogP contribution < -0.4 is 15.4 Å². The van der Waals surface area contributed by atoms with Crippen LogP contribution in [0.1, 0.15) is 11.3 Å². The van der Waals surface area contributed by atoms with E-state index in [2.05, 4.69) is 10.6 Å². The Bertz CT molecular complexity index is 794. The second kappa shape index (κ2) is 8.39. The first kappa shape index (κ1) is 17.1. The Balaban J connectivity index is 1.39. The molecule has 0 atom stereocenters. The summed E-state index contributed by atoms with van der Waals surface area (Å²) in [5.41, 5.74) is 2.20. The summed E-state index contributed by atoms with van der Waals surface area (Å²) in [6, 6.07) is 13.4. The molecule has 0 saturated heterocycles. The van der Waals surface area contributed by atoms with Crippen LogP contribution in [0.15, 0.2) is 57.6 Å². The van der Waals surface area contributed by atoms with Crippen molar-refractivity contribution in [1.29, 1.82) is 0 Å². The minimum atomic E-state index is -0.206. The van der Waals surface area contributed by atoms with Gasteiger partial charge in [-0.2, -0.15) is 11.3 Å². The van der Waals surface area contributed by atoms with E-state index in [-0.39, 0.29) is 6.03 Å². The molecule has 0 fully saturated rings. The summed E-state index contributed by atoms with van der Waals surface area (Å²) in [5.74, 6) is 2.37. The summed E-state index contributed by atoms with van der Waals surface area (Å²) < 4.78 is 10.8. The van der Waals surface area contributed by atoms with E-state index >= 15 is 0 Å². The van der Waals surface area contributed by atoms with E-state index in [0.29, 0.717) is 13.1 Å². The predicted molar refractivity (Wildman–Crippen MR) is 99.0 cm³/mol. The van der Waals surface area contributed by atoms with E-state index in [9.17, 15) is 4.79 Å². The number of rotatable bonds is 7. The van der Waals surface area contributed by atoms with Crippen molar-refractivity contribution in [2.24, 2.45) is 0 Å². The molecule has 0 bridgehead atoms. The molecule has 0 aliphatic carbocycles. The van der Waals surface area contributed by atoms with E-state index in [1.807, 2.05) is 53.2 Å². The van der Waals surface area contributed by atoms with Crippen molar-refractivity contribution in [2.45, 2.75) is 13.0 Å². The maximum Gasteiger partial charge on any atom is 0.315 e. The molecular formula is C19H20N2O3S. The molecule has 6 heteroatoms. The highest BCUT2D eigenvalue weighted by molar-refractivity contribution is 7.08. The van der Waals surface area contributed by atoms with Crippen LogP contribution in [-0.4, -0.2) is 19.7 Å². The van der Waals surface area contributed by atoms with Gasteiger partial charge in [0.15, 0.2) is 0 Å². The molecule has 2 heterocycles. The summed E-state index contributed by atoms with van der Waals surface area (Å²) in [7, 11) is 1.64. The molecule has 130 valence electrons. The van der Waals surface area contributed by atoms with Crippen LogP contribution in [0.25, 0.3) is 11.3 Å². The minimum absolute atomic E-state index is 0.206. The molecule has 25 heavy (non-hydrogen) atoms. The highest BCUT2D eigenvalue weighted by Gasteiger charge is 2.06. The summed E-state index contributed by atoms with van der Waals surface area (Å²) >= 11 is 1.62. The Labute approximate surface area is 150 Å². The molecule has 3 rings (SSSR count). The van der Waals surface area contributed by atoms with Gasteiger partial charge in [-0.25, -0.2) is 4.79 Å². The van der Waals surface area contributed by atoms with Crippen molar-refractivity contribution in [3.63, 3.8) is 0 Å². The number of thiophene rings is 1. The first-order valence-corrected chi connectivity index (χ1v) is 8.95. The fourth-order valence-corrected chi connectivity index (χ4v) is 3.02. The molecular weight excluding hydrogens is 336 g/mol. The van der Waals surface area contributed by atoms with Crippen molar-refractivity contribution in [2.75, 3.05) is 13.7 Å². The lowest BCUT2D eigenvalue weighted by Crippen LogP contribution is -2.36. The number of carbonyl (C=O) groups excluding carboxylic acids is 1. The van der Waals surface area contributed by atoms with Crippen LogP contribution in [0.4, 0.5) is 4.79 Å². The lowest BCUT2D eigenvalue weighted by atomic mass is 10.1. The predicted octanol–water partition coefficient (Wildman–Crippen LogP) is 4.06. The molecule has 0 aliphatic rings. The third-order valence-corrected chi connectivity index (χ3v) is 4.43. The highest BCUT2D eigenvalue weighted by Crippen LogP contribution is 2.24. The van der Waals surface area contributed by atoms with Crippen molar-refractivity contribution < 1.29 is 13.9 Å². The van der Waals surface area contributed by atoms with Crippen molar-refractivity contribution >= 4 is 17.4 Å². The summed E-state index contributed by atoms with van der Waals surface area (Å²) in [6.07, 6.45) is 0.764. The third-order valence-electron chi connectivity index (χ3n) is 3.75. The molecule has 0 aliphatic heterocycles. The lowest BCUT2D eigenvalue weighted by molar-refractivity contribution is 0.239. The Morgan fingerprint density at radius 2 is 1.96 bits per heavy atom. The summed E-state index contributed by atoms with van der Waals surface area (Å²) in [6.45, 7) is 0.926. The fraction of sp³-hybridized carbons (Fsp3) is 0.211. The van der Waals surface area contributed by atoms with E-state index in [0.717, 1.165) is 34.8 Å². The summed E-state index contributed by atoms with van der Waals surface area (Å²) in [4.78, 5) is 11.9. The van der Waals surface area contributed by atoms with Crippen LogP contribution >= 0.6 is 11.3 Å². The largest absolute Gasteiger partial charge is 0.497 e. The van der Waals surface area contributed by atoms with Gasteiger partial charge in [0.05, 0.1) is 13.7 Å². The van der Waals surface area contributed by atoms with E-state index in [1.165, 1.54) is 0 Å². The first-order valence-electron chi connectivity index (χ1n) is 8.00. The molecule has 1 aromatic carbocycles. The molecule has 2 aromatic heterocycles. The van der Waals surface area contributed by atoms with Crippen molar-refractivity contribution in [1.82, 2.24) is 10.6 Å². The molecule has 0 unspecified atom stereocenters. The Morgan fingerprint density at radius 1 is 1.12 bits per heavy atom. The minimum Gasteiger partial charge on any atom is -0.497 e. The number of nitrogens with one attached hydrogen (secondary N) is 2. The van der Waals surface area contributed by atoms with Crippen LogP contribution in [0.2, 0.25) is 0 Å². The normalized spacial score (nSPS) is 10.4. The number of furan rings is 1. The Kier molecular flexibility index (Phi) is 5.74. The standard InChI is InChI=1S/C19H20N2O3S/c1-23-16-4-2-14(3-5-16)8-10-20-19(22)21-12-17-6-7-18(24-17)15-9-11-25-13-15/h2-7,9,11,13H,8,10,12H2,1H3,(H2,20,21,22). The number of ether oxygens (including phenoxy) is 1. The molecule has 2 N–H and O–H groups in total. The molecule has 2 amide bonds. The quantitative estimate of drug-likeness (QED) is 0.671. The Hall–Kier alpha value is -2.73. The van der Waals surface area contributed by atoms with Gasteiger partial charge < -0.3 is 19.8 Å². The van der Waals surface area contributed by atoms with E-state index < -0.39 is 0 Å². The van der Waals surface area contributed by atoms with E-state index in [1.54, 1.807) is 18.4 Å². The SMILES string of the molecule is COc1ccc(CCNC(=O)NCc2ccc(-c3ccsc3)o2)cc1. The zero-order valence-corrected chi connectivity index (χ0v) is 14.8. The monoisotopic (exact) mass is 356 g/mol. The van der Waals surface area contributed by atoms with Gasteiger partial charge in [-0.15, -0.1) is 0 Å². The second-order valence-electron chi connectivity index (χ2n) is 5.49. The average Bonchev–Trinajstić information content (AvgIpc) is 3.32. The molecule has 3 aromatic rings. The van der Waals surface area contributed by atoms with Gasteiger partial charge >= 0.3 is 6.03 Å². The number of carbonyl (C=O) groups is 1. The first-order chi connectivity index (χ1) is 12.2. The number of hydrogen-bond acceptors (Lipinski definition) is 4. The third kappa shape index (κ3) is 4.87.